The van der Waals surface area contributed by atoms with Crippen LogP contribution in [0.1, 0.15) is 10.4 Å². The number of hydrogen-bond acceptors (Lipinski definition) is 3. The number of benzene rings is 2. The molecule has 0 aliphatic heterocycles. The normalized spacial score (nSPS) is 10.8. The molecule has 0 bridgehead atoms. The molecule has 3 aromatic rings. The first-order valence-corrected chi connectivity index (χ1v) is 6.83. The van der Waals surface area contributed by atoms with E-state index in [2.05, 4.69) is 15.9 Å². The fourth-order valence-corrected chi connectivity index (χ4v) is 2.42. The van der Waals surface area contributed by atoms with Gasteiger partial charge in [-0.2, -0.15) is 0 Å². The predicted octanol–water partition coefficient (Wildman–Crippen LogP) is 3.24. The van der Waals surface area contributed by atoms with Crippen LogP contribution in [0.3, 0.4) is 0 Å². The molecule has 0 amide bonds. The number of aromatic nitrogens is 1. The van der Waals surface area contributed by atoms with Crippen LogP contribution < -0.4 is 5.76 Å². The van der Waals surface area contributed by atoms with Gasteiger partial charge in [0.05, 0.1) is 11.9 Å². The van der Waals surface area contributed by atoms with Gasteiger partial charge in [-0.15, -0.1) is 0 Å². The molecule has 20 heavy (non-hydrogen) atoms. The van der Waals surface area contributed by atoms with E-state index in [0.717, 1.165) is 14.6 Å². The maximum Gasteiger partial charge on any atom is 0.426 e. The van der Waals surface area contributed by atoms with Crippen LogP contribution in [0.4, 0.5) is 0 Å². The first kappa shape index (κ1) is 12.9. The standard InChI is InChI=1S/C15H10BrNO3/c16-11-6-7-12-13(9-11)20-15(19)17(12)14(18)8-10-4-2-1-3-5-10/h1-7,9H,8H2. The highest BCUT2D eigenvalue weighted by Gasteiger charge is 2.16. The van der Waals surface area contributed by atoms with Crippen LogP contribution in [0.25, 0.3) is 11.1 Å². The third kappa shape index (κ3) is 2.32. The van der Waals surface area contributed by atoms with E-state index in [9.17, 15) is 9.59 Å². The number of halogens is 1. The summed E-state index contributed by atoms with van der Waals surface area (Å²) in [6.07, 6.45) is 0.158. The van der Waals surface area contributed by atoms with E-state index in [1.807, 2.05) is 30.3 Å². The quantitative estimate of drug-likeness (QED) is 0.724. The van der Waals surface area contributed by atoms with E-state index in [4.69, 9.17) is 4.42 Å². The first-order chi connectivity index (χ1) is 9.65. The zero-order chi connectivity index (χ0) is 14.1. The van der Waals surface area contributed by atoms with E-state index in [-0.39, 0.29) is 12.3 Å². The van der Waals surface area contributed by atoms with Crippen LogP contribution >= 0.6 is 15.9 Å². The van der Waals surface area contributed by atoms with Crippen molar-refractivity contribution >= 4 is 32.9 Å². The number of carbonyl (C=O) groups is 1. The molecule has 5 heteroatoms. The third-order valence-electron chi connectivity index (χ3n) is 2.99. The molecular weight excluding hydrogens is 322 g/mol. The van der Waals surface area contributed by atoms with Gasteiger partial charge in [0.1, 0.15) is 0 Å². The Balaban J connectivity index is 2.04. The lowest BCUT2D eigenvalue weighted by molar-refractivity contribution is 0.0910. The van der Waals surface area contributed by atoms with Gasteiger partial charge >= 0.3 is 5.76 Å². The highest BCUT2D eigenvalue weighted by atomic mass is 79.9. The van der Waals surface area contributed by atoms with Crippen LogP contribution in [0, 0.1) is 0 Å². The van der Waals surface area contributed by atoms with Crippen LogP contribution in [0.15, 0.2) is 62.2 Å². The Morgan fingerprint density at radius 3 is 2.65 bits per heavy atom. The van der Waals surface area contributed by atoms with E-state index >= 15 is 0 Å². The van der Waals surface area contributed by atoms with E-state index in [0.29, 0.717) is 11.1 Å². The third-order valence-corrected chi connectivity index (χ3v) is 3.48. The molecule has 4 nitrogen and oxygen atoms in total. The molecule has 0 atom stereocenters. The highest BCUT2D eigenvalue weighted by molar-refractivity contribution is 9.10. The van der Waals surface area contributed by atoms with Crippen molar-refractivity contribution in [1.82, 2.24) is 4.57 Å². The molecule has 0 N–H and O–H groups in total. The van der Waals surface area contributed by atoms with E-state index < -0.39 is 5.76 Å². The summed E-state index contributed by atoms with van der Waals surface area (Å²) in [4.78, 5) is 24.1. The second-order valence-corrected chi connectivity index (χ2v) is 5.29. The fourth-order valence-electron chi connectivity index (χ4n) is 2.08. The number of nitrogens with zero attached hydrogens (tertiary/aromatic N) is 1. The maximum atomic E-state index is 12.3. The minimum Gasteiger partial charge on any atom is -0.407 e. The first-order valence-electron chi connectivity index (χ1n) is 6.03. The van der Waals surface area contributed by atoms with Crippen molar-refractivity contribution < 1.29 is 9.21 Å². The average Bonchev–Trinajstić information content (AvgIpc) is 2.74. The second-order valence-electron chi connectivity index (χ2n) is 4.37. The Hall–Kier alpha value is -2.14. The van der Waals surface area contributed by atoms with E-state index in [1.165, 1.54) is 0 Å². The minimum atomic E-state index is -0.654. The minimum absolute atomic E-state index is 0.158. The van der Waals surface area contributed by atoms with Crippen molar-refractivity contribution in [2.24, 2.45) is 0 Å². The molecule has 0 fully saturated rings. The summed E-state index contributed by atoms with van der Waals surface area (Å²) in [5.74, 6) is -0.957. The highest BCUT2D eigenvalue weighted by Crippen LogP contribution is 2.19. The molecule has 3 rings (SSSR count). The van der Waals surface area contributed by atoms with Crippen molar-refractivity contribution in [2.75, 3.05) is 0 Å². The predicted molar refractivity (Wildman–Crippen MR) is 78.9 cm³/mol. The molecular formula is C15H10BrNO3. The van der Waals surface area contributed by atoms with Crippen LogP contribution in [-0.2, 0) is 6.42 Å². The Labute approximate surface area is 122 Å². The maximum absolute atomic E-state index is 12.3. The summed E-state index contributed by atoms with van der Waals surface area (Å²) < 4.78 is 6.97. The number of carbonyl (C=O) groups excluding carboxylic acids is 1. The summed E-state index contributed by atoms with van der Waals surface area (Å²) in [6.45, 7) is 0. The molecule has 0 aliphatic rings. The molecule has 1 aromatic heterocycles. The molecule has 0 unspecified atom stereocenters. The molecule has 0 saturated carbocycles. The molecule has 2 aromatic carbocycles. The SMILES string of the molecule is O=C(Cc1ccccc1)n1c(=O)oc2cc(Br)ccc21. The van der Waals surface area contributed by atoms with Gasteiger partial charge < -0.3 is 4.42 Å². The zero-order valence-corrected chi connectivity index (χ0v) is 12.0. The molecule has 0 aliphatic carbocycles. The van der Waals surface area contributed by atoms with Crippen LogP contribution in [-0.4, -0.2) is 10.5 Å². The van der Waals surface area contributed by atoms with Crippen molar-refractivity contribution in [1.29, 1.82) is 0 Å². The van der Waals surface area contributed by atoms with Crippen LogP contribution in [0.2, 0.25) is 0 Å². The smallest absolute Gasteiger partial charge is 0.407 e. The van der Waals surface area contributed by atoms with Crippen molar-refractivity contribution in [3.63, 3.8) is 0 Å². The van der Waals surface area contributed by atoms with Gasteiger partial charge in [-0.3, -0.25) is 4.79 Å². The molecule has 0 spiro atoms. The summed E-state index contributed by atoms with van der Waals surface area (Å²) in [7, 11) is 0. The number of hydrogen-bond donors (Lipinski definition) is 0. The zero-order valence-electron chi connectivity index (χ0n) is 10.4. The van der Waals surface area contributed by atoms with Gasteiger partial charge in [0.2, 0.25) is 5.91 Å². The second kappa shape index (κ2) is 5.09. The summed E-state index contributed by atoms with van der Waals surface area (Å²) in [5, 5.41) is 0. The summed E-state index contributed by atoms with van der Waals surface area (Å²) in [6, 6.07) is 14.4. The summed E-state index contributed by atoms with van der Waals surface area (Å²) in [5.41, 5.74) is 1.74. The molecule has 0 radical (unpaired) electrons. The van der Waals surface area contributed by atoms with Gasteiger partial charge in [0.25, 0.3) is 0 Å². The number of rotatable bonds is 2. The summed E-state index contributed by atoms with van der Waals surface area (Å²) >= 11 is 3.30. The van der Waals surface area contributed by atoms with Crippen molar-refractivity contribution in [3.8, 4) is 0 Å². The Morgan fingerprint density at radius 2 is 1.90 bits per heavy atom. The lowest BCUT2D eigenvalue weighted by atomic mass is 10.1. The fraction of sp³-hybridized carbons (Fsp3) is 0.0667. The van der Waals surface area contributed by atoms with Gasteiger partial charge in [-0.1, -0.05) is 46.3 Å². The van der Waals surface area contributed by atoms with Gasteiger partial charge in [-0.05, 0) is 23.8 Å². The van der Waals surface area contributed by atoms with Crippen LogP contribution in [0.5, 0.6) is 0 Å². The monoisotopic (exact) mass is 331 g/mol. The van der Waals surface area contributed by atoms with Gasteiger partial charge in [0.15, 0.2) is 5.58 Å². The Bertz CT molecular complexity index is 833. The lowest BCUT2D eigenvalue weighted by Gasteiger charge is -2.01. The van der Waals surface area contributed by atoms with Crippen molar-refractivity contribution in [2.45, 2.75) is 6.42 Å². The largest absolute Gasteiger partial charge is 0.426 e. The van der Waals surface area contributed by atoms with E-state index in [1.54, 1.807) is 18.2 Å². The van der Waals surface area contributed by atoms with Gasteiger partial charge in [0, 0.05) is 4.47 Å². The lowest BCUT2D eigenvalue weighted by Crippen LogP contribution is -2.24. The molecule has 0 saturated heterocycles. The van der Waals surface area contributed by atoms with Gasteiger partial charge in [-0.25, -0.2) is 9.36 Å². The Morgan fingerprint density at radius 1 is 1.15 bits per heavy atom. The molecule has 100 valence electrons. The molecule has 1 heterocycles. The average molecular weight is 332 g/mol. The number of oxazole rings is 1. The Kier molecular flexibility index (Phi) is 3.28. The van der Waals surface area contributed by atoms with Crippen molar-refractivity contribution in [3.05, 3.63) is 69.1 Å². The topological polar surface area (TPSA) is 52.2 Å². The number of fused-ring (bicyclic) bond motifs is 1.